The minimum atomic E-state index is -0.371. The molecule has 0 bridgehead atoms. The Balaban J connectivity index is 2.78. The first-order valence-corrected chi connectivity index (χ1v) is 3.92. The third-order valence-corrected chi connectivity index (χ3v) is 1.79. The highest BCUT2D eigenvalue weighted by Crippen LogP contribution is 2.20. The highest BCUT2D eigenvalue weighted by atomic mass is 127. The summed E-state index contributed by atoms with van der Waals surface area (Å²) in [5, 5.41) is 0.623. The summed E-state index contributed by atoms with van der Waals surface area (Å²) in [6, 6.07) is 0. The van der Waals surface area contributed by atoms with Gasteiger partial charge in [-0.15, -0.1) is 0 Å². The van der Waals surface area contributed by atoms with E-state index in [1.54, 1.807) is 12.3 Å². The van der Waals surface area contributed by atoms with Gasteiger partial charge in [-0.3, -0.25) is 4.99 Å². The summed E-state index contributed by atoms with van der Waals surface area (Å²) in [4.78, 5) is 3.95. The molecule has 0 aromatic rings. The Morgan fingerprint density at radius 3 is 2.89 bits per heavy atom. The average Bonchev–Trinajstić information content (AvgIpc) is 1.60. The monoisotopic (exact) mass is 256 g/mol. The average molecular weight is 256 g/mol. The molecule has 4 heteroatoms. The fraction of sp³-hybridized carbons (Fsp3) is 0.400. The number of rotatable bonds is 0. The van der Waals surface area contributed by atoms with Gasteiger partial charge in [0.25, 0.3) is 0 Å². The number of hydrogen-bond acceptors (Lipinski definition) is 2. The molecule has 0 radical (unpaired) electrons. The number of allylic oxidation sites excluding steroid dienone is 1. The minimum absolute atomic E-state index is 0.371. The van der Waals surface area contributed by atoms with Crippen LogP contribution < -0.4 is 5.73 Å². The molecule has 2 N–H and O–H groups in total. The zero-order chi connectivity index (χ0) is 6.91. The van der Waals surface area contributed by atoms with Crippen molar-refractivity contribution in [1.29, 1.82) is 0 Å². The molecule has 0 amide bonds. The summed E-state index contributed by atoms with van der Waals surface area (Å²) in [6.45, 7) is 0.615. The quantitative estimate of drug-likeness (QED) is 0.396. The Labute approximate surface area is 72.3 Å². The summed E-state index contributed by atoms with van der Waals surface area (Å²) in [7, 11) is 0. The Hall–Kier alpha value is 0.390. The van der Waals surface area contributed by atoms with Crippen molar-refractivity contribution in [2.75, 3.05) is 6.54 Å². The Morgan fingerprint density at radius 2 is 2.56 bits per heavy atom. The Bertz CT molecular complexity index is 174. The molecule has 1 aliphatic rings. The van der Waals surface area contributed by atoms with Crippen molar-refractivity contribution in [3.8, 4) is 0 Å². The van der Waals surface area contributed by atoms with Crippen LogP contribution in [0.5, 0.6) is 0 Å². The van der Waals surface area contributed by atoms with Crippen molar-refractivity contribution in [2.24, 2.45) is 10.7 Å². The molecule has 1 atom stereocenters. The van der Waals surface area contributed by atoms with Crippen LogP contribution in [0, 0.1) is 0 Å². The molecule has 0 aliphatic carbocycles. The first kappa shape index (κ1) is 7.50. The number of hydrogen-bond donors (Lipinski definition) is 1. The lowest BCUT2D eigenvalue weighted by atomic mass is 10.2. The van der Waals surface area contributed by atoms with Gasteiger partial charge >= 0.3 is 0 Å². The zero-order valence-corrected chi connectivity index (χ0v) is 7.56. The third-order valence-electron chi connectivity index (χ3n) is 0.926. The number of dihydropyridines is 1. The molecule has 1 rings (SSSR count). The first-order valence-electron chi connectivity index (χ1n) is 2.46. The predicted octanol–water partition coefficient (Wildman–Crippen LogP) is 1.28. The normalized spacial score (nSPS) is 34.3. The maximum Gasteiger partial charge on any atom is 0.108 e. The number of nitrogens with zero attached hydrogens (tertiary/aromatic N) is 1. The molecule has 1 aliphatic heterocycles. The van der Waals surface area contributed by atoms with Gasteiger partial charge in [0.05, 0.1) is 11.6 Å². The number of halogens is 2. The molecule has 0 aromatic heterocycles. The van der Waals surface area contributed by atoms with Crippen LogP contribution in [0.3, 0.4) is 0 Å². The highest BCUT2D eigenvalue weighted by Gasteiger charge is 2.19. The summed E-state index contributed by atoms with van der Waals surface area (Å²) < 4.78 is -0.371. The molecular formula is C5H6ClIN2. The van der Waals surface area contributed by atoms with Crippen LogP contribution in [0.4, 0.5) is 0 Å². The Kier molecular flexibility index (Phi) is 2.13. The molecule has 0 aromatic carbocycles. The SMILES string of the molecule is NC1(I)C=C(Cl)C=NC1. The van der Waals surface area contributed by atoms with Crippen molar-refractivity contribution in [2.45, 2.75) is 3.55 Å². The third kappa shape index (κ3) is 2.23. The van der Waals surface area contributed by atoms with E-state index in [9.17, 15) is 0 Å². The molecular weight excluding hydrogens is 250 g/mol. The molecule has 9 heavy (non-hydrogen) atoms. The van der Waals surface area contributed by atoms with Gasteiger partial charge in [0.1, 0.15) is 3.55 Å². The number of nitrogens with two attached hydrogens (primary N) is 1. The van der Waals surface area contributed by atoms with Gasteiger partial charge in [-0.2, -0.15) is 0 Å². The molecule has 0 fully saturated rings. The largest absolute Gasteiger partial charge is 0.312 e. The molecule has 1 unspecified atom stereocenters. The van der Waals surface area contributed by atoms with E-state index < -0.39 is 0 Å². The van der Waals surface area contributed by atoms with Crippen LogP contribution in [0.15, 0.2) is 16.1 Å². The smallest absolute Gasteiger partial charge is 0.108 e. The van der Waals surface area contributed by atoms with Crippen LogP contribution in [0.1, 0.15) is 0 Å². The van der Waals surface area contributed by atoms with Crippen molar-refractivity contribution < 1.29 is 0 Å². The molecule has 0 saturated heterocycles. The molecule has 2 nitrogen and oxygen atoms in total. The van der Waals surface area contributed by atoms with Crippen molar-refractivity contribution >= 4 is 40.4 Å². The fourth-order valence-electron chi connectivity index (χ4n) is 0.585. The summed E-state index contributed by atoms with van der Waals surface area (Å²) in [5.41, 5.74) is 5.68. The number of alkyl halides is 1. The van der Waals surface area contributed by atoms with Gasteiger partial charge in [-0.1, -0.05) is 34.2 Å². The van der Waals surface area contributed by atoms with Crippen molar-refractivity contribution in [1.82, 2.24) is 0 Å². The van der Waals surface area contributed by atoms with E-state index in [1.807, 2.05) is 0 Å². The van der Waals surface area contributed by atoms with E-state index in [0.717, 1.165) is 0 Å². The van der Waals surface area contributed by atoms with Crippen LogP contribution in [0.2, 0.25) is 0 Å². The minimum Gasteiger partial charge on any atom is -0.312 e. The van der Waals surface area contributed by atoms with E-state index in [1.165, 1.54) is 0 Å². The van der Waals surface area contributed by atoms with E-state index in [4.69, 9.17) is 17.3 Å². The van der Waals surface area contributed by atoms with Gasteiger partial charge < -0.3 is 5.73 Å². The molecule has 0 spiro atoms. The second kappa shape index (κ2) is 2.56. The highest BCUT2D eigenvalue weighted by molar-refractivity contribution is 14.1. The van der Waals surface area contributed by atoms with Crippen molar-refractivity contribution in [3.05, 3.63) is 11.1 Å². The van der Waals surface area contributed by atoms with E-state index in [2.05, 4.69) is 27.6 Å². The predicted molar refractivity (Wildman–Crippen MR) is 48.2 cm³/mol. The van der Waals surface area contributed by atoms with Gasteiger partial charge in [-0.25, -0.2) is 0 Å². The second-order valence-corrected chi connectivity index (χ2v) is 4.37. The van der Waals surface area contributed by atoms with Crippen molar-refractivity contribution in [3.63, 3.8) is 0 Å². The van der Waals surface area contributed by atoms with E-state index >= 15 is 0 Å². The molecule has 0 saturated carbocycles. The van der Waals surface area contributed by atoms with Crippen LogP contribution in [0.25, 0.3) is 0 Å². The van der Waals surface area contributed by atoms with Gasteiger partial charge in [0.2, 0.25) is 0 Å². The fourth-order valence-corrected chi connectivity index (χ4v) is 1.57. The first-order chi connectivity index (χ1) is 4.10. The van der Waals surface area contributed by atoms with Gasteiger partial charge in [0.15, 0.2) is 0 Å². The van der Waals surface area contributed by atoms with Crippen LogP contribution in [-0.2, 0) is 0 Å². The van der Waals surface area contributed by atoms with Gasteiger partial charge in [0, 0.05) is 6.21 Å². The lowest BCUT2D eigenvalue weighted by Gasteiger charge is -2.17. The second-order valence-electron chi connectivity index (χ2n) is 1.93. The lowest BCUT2D eigenvalue weighted by molar-refractivity contribution is 0.789. The molecule has 50 valence electrons. The zero-order valence-electron chi connectivity index (χ0n) is 4.64. The number of aliphatic imine (C=N–C) groups is 1. The standard InChI is InChI=1S/C5H6ClIN2/c6-4-1-5(7,8)3-9-2-4/h1-2H,3,8H2. The van der Waals surface area contributed by atoms with Crippen LogP contribution in [-0.4, -0.2) is 16.3 Å². The summed E-state index contributed by atoms with van der Waals surface area (Å²) >= 11 is 7.74. The topological polar surface area (TPSA) is 38.4 Å². The lowest BCUT2D eigenvalue weighted by Crippen LogP contribution is -2.35. The van der Waals surface area contributed by atoms with Crippen LogP contribution >= 0.6 is 34.2 Å². The van der Waals surface area contributed by atoms with E-state index in [-0.39, 0.29) is 3.55 Å². The van der Waals surface area contributed by atoms with Gasteiger partial charge in [-0.05, 0) is 6.08 Å². The summed E-state index contributed by atoms with van der Waals surface area (Å²) in [6.07, 6.45) is 3.41. The Morgan fingerprint density at radius 1 is 1.89 bits per heavy atom. The maximum absolute atomic E-state index is 5.68. The van der Waals surface area contributed by atoms with E-state index in [0.29, 0.717) is 11.6 Å². The maximum atomic E-state index is 5.68. The summed E-state index contributed by atoms with van der Waals surface area (Å²) in [5.74, 6) is 0. The molecule has 1 heterocycles.